The van der Waals surface area contributed by atoms with E-state index in [9.17, 15) is 9.90 Å². The molecule has 110 valence electrons. The number of aliphatic hydroxyl groups is 1. The van der Waals surface area contributed by atoms with Crippen molar-refractivity contribution in [2.75, 3.05) is 18.5 Å². The molecule has 0 saturated heterocycles. The highest BCUT2D eigenvalue weighted by Gasteiger charge is 2.27. The first-order valence-electron chi connectivity index (χ1n) is 7.35. The summed E-state index contributed by atoms with van der Waals surface area (Å²) in [6, 6.07) is 7.80. The smallest absolute Gasteiger partial charge is 0.227 e. The zero-order valence-corrected chi connectivity index (χ0v) is 12.2. The number of hydrogen-bond donors (Lipinski definition) is 3. The van der Waals surface area contributed by atoms with Crippen LogP contribution in [0.25, 0.3) is 0 Å². The Morgan fingerprint density at radius 3 is 2.90 bits per heavy atom. The molecule has 2 unspecified atom stereocenters. The highest BCUT2D eigenvalue weighted by molar-refractivity contribution is 5.86. The summed E-state index contributed by atoms with van der Waals surface area (Å²) >= 11 is 0. The van der Waals surface area contributed by atoms with Crippen LogP contribution in [0, 0.1) is 5.92 Å². The van der Waals surface area contributed by atoms with Crippen molar-refractivity contribution in [3.8, 4) is 0 Å². The largest absolute Gasteiger partial charge is 0.394 e. The molecule has 20 heavy (non-hydrogen) atoms. The third-order valence-electron chi connectivity index (χ3n) is 3.72. The number of benzene rings is 1. The van der Waals surface area contributed by atoms with Gasteiger partial charge in [-0.05, 0) is 30.4 Å². The Hall–Kier alpha value is -1.55. The quantitative estimate of drug-likeness (QED) is 0.772. The first-order valence-corrected chi connectivity index (χ1v) is 7.35. The van der Waals surface area contributed by atoms with Crippen LogP contribution < -0.4 is 10.6 Å². The van der Waals surface area contributed by atoms with E-state index in [1.165, 1.54) is 0 Å². The summed E-state index contributed by atoms with van der Waals surface area (Å²) < 4.78 is 0. The zero-order valence-electron chi connectivity index (χ0n) is 12.2. The number of anilines is 1. The van der Waals surface area contributed by atoms with Crippen molar-refractivity contribution in [3.05, 3.63) is 29.8 Å². The number of fused-ring (bicyclic) bond motifs is 1. The number of carbonyl (C=O) groups is 1. The molecule has 1 amide bonds. The Bertz CT molecular complexity index is 460. The van der Waals surface area contributed by atoms with Gasteiger partial charge < -0.3 is 15.7 Å². The van der Waals surface area contributed by atoms with Crippen LogP contribution in [0.4, 0.5) is 5.69 Å². The lowest BCUT2D eigenvalue weighted by molar-refractivity contribution is -0.123. The summed E-state index contributed by atoms with van der Waals surface area (Å²) in [4.78, 5) is 12.5. The van der Waals surface area contributed by atoms with Gasteiger partial charge in [-0.1, -0.05) is 32.0 Å². The minimum Gasteiger partial charge on any atom is -0.394 e. The van der Waals surface area contributed by atoms with Gasteiger partial charge in [0.05, 0.1) is 18.6 Å². The number of aliphatic hydroxyl groups excluding tert-OH is 1. The maximum atomic E-state index is 12.5. The fourth-order valence-corrected chi connectivity index (χ4v) is 2.79. The van der Waals surface area contributed by atoms with Gasteiger partial charge in [0.1, 0.15) is 0 Å². The number of carbonyl (C=O) groups excluding carboxylic acids is 1. The molecule has 0 fully saturated rings. The average Bonchev–Trinajstić information content (AvgIpc) is 2.45. The summed E-state index contributed by atoms with van der Waals surface area (Å²) in [5, 5.41) is 15.7. The second-order valence-corrected chi connectivity index (χ2v) is 5.87. The lowest BCUT2D eigenvalue weighted by atomic mass is 9.90. The molecule has 4 nitrogen and oxygen atoms in total. The molecule has 0 bridgehead atoms. The molecule has 1 aromatic rings. The highest BCUT2D eigenvalue weighted by Crippen LogP contribution is 2.31. The minimum atomic E-state index is -0.149. The summed E-state index contributed by atoms with van der Waals surface area (Å²) in [5.74, 6) is 0.361. The first kappa shape index (κ1) is 14.9. The molecule has 0 saturated carbocycles. The van der Waals surface area contributed by atoms with Crippen LogP contribution in [0.2, 0.25) is 0 Å². The highest BCUT2D eigenvalue weighted by atomic mass is 16.3. The predicted octanol–water partition coefficient (Wildman–Crippen LogP) is 2.11. The standard InChI is InChI=1S/C16H24N2O2/c1-11(2)9-12(10-19)18-16(20)14-7-8-17-15-6-4-3-5-13(14)15/h3-6,11-12,14,17,19H,7-10H2,1-2H3,(H,18,20). The van der Waals surface area contributed by atoms with Crippen LogP contribution in [0.3, 0.4) is 0 Å². The van der Waals surface area contributed by atoms with Gasteiger partial charge in [0.15, 0.2) is 0 Å². The van der Waals surface area contributed by atoms with E-state index in [-0.39, 0.29) is 24.5 Å². The molecule has 1 aromatic carbocycles. The van der Waals surface area contributed by atoms with Gasteiger partial charge in [-0.25, -0.2) is 0 Å². The fourth-order valence-electron chi connectivity index (χ4n) is 2.79. The van der Waals surface area contributed by atoms with Crippen molar-refractivity contribution < 1.29 is 9.90 Å². The Labute approximate surface area is 120 Å². The van der Waals surface area contributed by atoms with E-state index < -0.39 is 0 Å². The number of hydrogen-bond acceptors (Lipinski definition) is 3. The van der Waals surface area contributed by atoms with Crippen molar-refractivity contribution >= 4 is 11.6 Å². The summed E-state index contributed by atoms with van der Waals surface area (Å²) in [6.07, 6.45) is 1.59. The van der Waals surface area contributed by atoms with Crippen LogP contribution in [-0.4, -0.2) is 30.2 Å². The SMILES string of the molecule is CC(C)CC(CO)NC(=O)C1CCNc2ccccc21. The molecule has 3 N–H and O–H groups in total. The molecule has 1 aliphatic rings. The Morgan fingerprint density at radius 2 is 2.20 bits per heavy atom. The lowest BCUT2D eigenvalue weighted by Gasteiger charge is -2.28. The van der Waals surface area contributed by atoms with Gasteiger partial charge in [0.25, 0.3) is 0 Å². The van der Waals surface area contributed by atoms with Crippen LogP contribution in [0.5, 0.6) is 0 Å². The van der Waals surface area contributed by atoms with E-state index in [1.807, 2.05) is 24.3 Å². The summed E-state index contributed by atoms with van der Waals surface area (Å²) in [6.45, 7) is 4.99. The fraction of sp³-hybridized carbons (Fsp3) is 0.562. The molecular weight excluding hydrogens is 252 g/mol. The van der Waals surface area contributed by atoms with Gasteiger partial charge in [-0.3, -0.25) is 4.79 Å². The van der Waals surface area contributed by atoms with Crippen LogP contribution in [0.15, 0.2) is 24.3 Å². The maximum absolute atomic E-state index is 12.5. The molecule has 0 spiro atoms. The monoisotopic (exact) mass is 276 g/mol. The molecule has 1 aliphatic heterocycles. The van der Waals surface area contributed by atoms with Gasteiger partial charge in [0, 0.05) is 12.2 Å². The molecular formula is C16H24N2O2. The molecule has 2 rings (SSSR count). The maximum Gasteiger partial charge on any atom is 0.227 e. The second kappa shape index (κ2) is 6.75. The Morgan fingerprint density at radius 1 is 1.45 bits per heavy atom. The number of amides is 1. The topological polar surface area (TPSA) is 61.4 Å². The van der Waals surface area contributed by atoms with Crippen LogP contribution in [0.1, 0.15) is 38.2 Å². The van der Waals surface area contributed by atoms with Crippen molar-refractivity contribution in [3.63, 3.8) is 0 Å². The van der Waals surface area contributed by atoms with Crippen LogP contribution in [-0.2, 0) is 4.79 Å². The van der Waals surface area contributed by atoms with E-state index in [4.69, 9.17) is 0 Å². The first-order chi connectivity index (χ1) is 9.61. The van der Waals surface area contributed by atoms with E-state index >= 15 is 0 Å². The van der Waals surface area contributed by atoms with E-state index in [1.54, 1.807) is 0 Å². The van der Waals surface area contributed by atoms with E-state index in [2.05, 4.69) is 24.5 Å². The number of nitrogens with one attached hydrogen (secondary N) is 2. The van der Waals surface area contributed by atoms with Gasteiger partial charge in [-0.2, -0.15) is 0 Å². The lowest BCUT2D eigenvalue weighted by Crippen LogP contribution is -2.42. The van der Waals surface area contributed by atoms with Gasteiger partial charge >= 0.3 is 0 Å². The van der Waals surface area contributed by atoms with Gasteiger partial charge in [-0.15, -0.1) is 0 Å². The normalized spacial score (nSPS) is 19.1. The van der Waals surface area contributed by atoms with E-state index in [0.29, 0.717) is 5.92 Å². The number of rotatable bonds is 5. The molecule has 2 atom stereocenters. The Kier molecular flexibility index (Phi) is 5.01. The zero-order chi connectivity index (χ0) is 14.5. The van der Waals surface area contributed by atoms with Crippen molar-refractivity contribution in [2.45, 2.75) is 38.6 Å². The predicted molar refractivity (Wildman–Crippen MR) is 80.8 cm³/mol. The number of para-hydroxylation sites is 1. The van der Waals surface area contributed by atoms with Crippen molar-refractivity contribution in [1.29, 1.82) is 0 Å². The molecule has 0 radical (unpaired) electrons. The molecule has 0 aromatic heterocycles. The van der Waals surface area contributed by atoms with E-state index in [0.717, 1.165) is 30.6 Å². The van der Waals surface area contributed by atoms with Gasteiger partial charge in [0.2, 0.25) is 5.91 Å². The third kappa shape index (κ3) is 3.51. The summed E-state index contributed by atoms with van der Waals surface area (Å²) in [7, 11) is 0. The molecule has 0 aliphatic carbocycles. The third-order valence-corrected chi connectivity index (χ3v) is 3.72. The molecule has 4 heteroatoms. The Balaban J connectivity index is 2.06. The minimum absolute atomic E-state index is 0.00344. The van der Waals surface area contributed by atoms with Crippen molar-refractivity contribution in [2.24, 2.45) is 5.92 Å². The summed E-state index contributed by atoms with van der Waals surface area (Å²) in [5.41, 5.74) is 2.10. The van der Waals surface area contributed by atoms with Crippen LogP contribution >= 0.6 is 0 Å². The molecule has 1 heterocycles. The average molecular weight is 276 g/mol. The second-order valence-electron chi connectivity index (χ2n) is 5.87. The van der Waals surface area contributed by atoms with Crippen molar-refractivity contribution in [1.82, 2.24) is 5.32 Å².